The molecule has 0 radical (unpaired) electrons. The molecule has 0 saturated carbocycles. The van der Waals surface area contributed by atoms with Crippen molar-refractivity contribution in [3.8, 4) is 0 Å². The van der Waals surface area contributed by atoms with Gasteiger partial charge in [-0.15, -0.1) is 0 Å². The fraction of sp³-hybridized carbons (Fsp3) is 0.784. The maximum atomic E-state index is 12.7. The topological polar surface area (TPSA) is 91.3 Å². The minimum atomic E-state index is -4.29. The van der Waals surface area contributed by atoms with Crippen LogP contribution in [0.5, 0.6) is 0 Å². The highest BCUT2D eigenvalue weighted by molar-refractivity contribution is 7.47. The fourth-order valence-electron chi connectivity index (χ4n) is 6.58. The number of unbranched alkanes of at least 4 members (excludes halogenated alkanes) is 21. The van der Waals surface area contributed by atoms with E-state index in [-0.39, 0.29) is 25.8 Å². The number of carbonyl (C=O) groups excluding carboxylic acids is 1. The van der Waals surface area contributed by atoms with Crippen LogP contribution in [0.3, 0.4) is 0 Å². The molecule has 0 heterocycles. The largest absolute Gasteiger partial charge is 0.472 e. The van der Waals surface area contributed by atoms with Crippen molar-refractivity contribution < 1.29 is 37.3 Å². The number of quaternary nitrogens is 1. The molecule has 2 unspecified atom stereocenters. The van der Waals surface area contributed by atoms with Gasteiger partial charge < -0.3 is 18.9 Å². The molecule has 0 spiro atoms. The minimum absolute atomic E-state index is 0.0832. The van der Waals surface area contributed by atoms with Crippen molar-refractivity contribution in [2.24, 2.45) is 0 Å². The van der Waals surface area contributed by atoms with E-state index in [1.54, 1.807) is 0 Å². The van der Waals surface area contributed by atoms with E-state index < -0.39 is 13.9 Å². The lowest BCUT2D eigenvalue weighted by Crippen LogP contribution is -2.37. The summed E-state index contributed by atoms with van der Waals surface area (Å²) in [5, 5.41) is 0. The smallest absolute Gasteiger partial charge is 0.457 e. The summed E-state index contributed by atoms with van der Waals surface area (Å²) in [6.07, 6.45) is 55.4. The van der Waals surface area contributed by atoms with Gasteiger partial charge in [-0.05, 0) is 57.8 Å². The Labute approximate surface area is 370 Å². The van der Waals surface area contributed by atoms with Crippen LogP contribution in [0.15, 0.2) is 60.8 Å². The molecule has 0 aliphatic carbocycles. The first-order valence-electron chi connectivity index (χ1n) is 24.5. The third-order valence-corrected chi connectivity index (χ3v) is 11.3. The summed E-state index contributed by atoms with van der Waals surface area (Å²) in [4.78, 5) is 23.0. The van der Waals surface area contributed by atoms with Crippen molar-refractivity contribution in [3.63, 3.8) is 0 Å². The highest BCUT2D eigenvalue weighted by Crippen LogP contribution is 2.43. The third-order valence-electron chi connectivity index (χ3n) is 10.3. The Morgan fingerprint density at radius 1 is 0.533 bits per heavy atom. The molecule has 0 aliphatic rings. The molecule has 9 heteroatoms. The molecule has 0 aromatic rings. The van der Waals surface area contributed by atoms with Crippen LogP contribution in [0.25, 0.3) is 0 Å². The highest BCUT2D eigenvalue weighted by atomic mass is 31.2. The number of hydrogen-bond donors (Lipinski definition) is 1. The van der Waals surface area contributed by atoms with Crippen molar-refractivity contribution >= 4 is 13.8 Å². The fourth-order valence-corrected chi connectivity index (χ4v) is 7.32. The number of phosphoric ester groups is 1. The van der Waals surface area contributed by atoms with Crippen molar-refractivity contribution in [2.45, 2.75) is 206 Å². The molecule has 0 aliphatic heterocycles. The summed E-state index contributed by atoms with van der Waals surface area (Å²) < 4.78 is 35.1. The molecule has 0 bridgehead atoms. The van der Waals surface area contributed by atoms with Crippen molar-refractivity contribution in [3.05, 3.63) is 60.8 Å². The monoisotopic (exact) mass is 865 g/mol. The molecule has 2 atom stereocenters. The summed E-state index contributed by atoms with van der Waals surface area (Å²) in [5.74, 6) is -0.331. The van der Waals surface area contributed by atoms with Crippen LogP contribution in [-0.4, -0.2) is 75.6 Å². The molecule has 1 N–H and O–H groups in total. The zero-order valence-electron chi connectivity index (χ0n) is 39.7. The molecule has 350 valence electrons. The Bertz CT molecular complexity index is 1140. The van der Waals surface area contributed by atoms with Crippen LogP contribution >= 0.6 is 7.82 Å². The van der Waals surface area contributed by atoms with E-state index >= 15 is 0 Å². The van der Waals surface area contributed by atoms with Gasteiger partial charge in [0.2, 0.25) is 0 Å². The van der Waals surface area contributed by atoms with Gasteiger partial charge in [0.1, 0.15) is 19.3 Å². The average Bonchev–Trinajstić information content (AvgIpc) is 3.20. The summed E-state index contributed by atoms with van der Waals surface area (Å²) in [6.45, 7) is 5.50. The Kier molecular flexibility index (Phi) is 42.5. The van der Waals surface area contributed by atoms with E-state index in [9.17, 15) is 14.3 Å². The number of nitrogens with zero attached hydrogens (tertiary/aromatic N) is 1. The Morgan fingerprint density at radius 3 is 1.45 bits per heavy atom. The maximum absolute atomic E-state index is 12.7. The van der Waals surface area contributed by atoms with Gasteiger partial charge in [-0.3, -0.25) is 13.8 Å². The van der Waals surface area contributed by atoms with Gasteiger partial charge in [-0.1, -0.05) is 197 Å². The maximum Gasteiger partial charge on any atom is 0.472 e. The molecule has 0 amide bonds. The lowest BCUT2D eigenvalue weighted by molar-refractivity contribution is -0.870. The third kappa shape index (κ3) is 47.3. The summed E-state index contributed by atoms with van der Waals surface area (Å²) >= 11 is 0. The number of esters is 1. The number of hydrogen-bond acceptors (Lipinski definition) is 6. The molecule has 0 aromatic heterocycles. The van der Waals surface area contributed by atoms with Crippen LogP contribution in [-0.2, 0) is 27.9 Å². The Morgan fingerprint density at radius 2 is 0.967 bits per heavy atom. The molecule has 0 rings (SSSR count). The first-order chi connectivity index (χ1) is 29.1. The van der Waals surface area contributed by atoms with Gasteiger partial charge in [0.15, 0.2) is 0 Å². The first-order valence-corrected chi connectivity index (χ1v) is 26.0. The zero-order chi connectivity index (χ0) is 44.1. The second kappa shape index (κ2) is 43.8. The normalized spacial score (nSPS) is 14.2. The lowest BCUT2D eigenvalue weighted by Gasteiger charge is -2.24. The summed E-state index contributed by atoms with van der Waals surface area (Å²) in [6, 6.07) is 0. The van der Waals surface area contributed by atoms with Gasteiger partial charge in [0, 0.05) is 13.0 Å². The van der Waals surface area contributed by atoms with Crippen molar-refractivity contribution in [1.29, 1.82) is 0 Å². The van der Waals surface area contributed by atoms with Crippen LogP contribution < -0.4 is 0 Å². The van der Waals surface area contributed by atoms with Crippen molar-refractivity contribution in [1.82, 2.24) is 0 Å². The predicted molar refractivity (Wildman–Crippen MR) is 256 cm³/mol. The lowest BCUT2D eigenvalue weighted by atomic mass is 10.0. The predicted octanol–water partition coefficient (Wildman–Crippen LogP) is 14.9. The van der Waals surface area contributed by atoms with E-state index in [0.29, 0.717) is 24.1 Å². The number of allylic oxidation sites excluding steroid dienone is 10. The number of phosphoric acid groups is 1. The van der Waals surface area contributed by atoms with Gasteiger partial charge in [-0.2, -0.15) is 0 Å². The average molecular weight is 865 g/mol. The van der Waals surface area contributed by atoms with Gasteiger partial charge >= 0.3 is 13.8 Å². The van der Waals surface area contributed by atoms with Crippen LogP contribution in [0.1, 0.15) is 200 Å². The number of carbonyl (C=O) groups is 1. The standard InChI is InChI=1S/C51H94NO7P/c1-6-8-10-12-14-16-18-20-22-24-25-26-27-28-30-32-34-36-38-40-42-44-51(53)59-50(49-58-60(54,55)57-47-45-52(3,4)5)48-56-46-43-41-39-37-35-33-31-29-23-21-19-17-15-13-11-9-7-2/h8,10,14,16,20,22,25-26,28,30,50H,6-7,9,11-13,15,17-19,21,23-24,27,29,31-49H2,1-5H3/p+1/b10-8-,16-14-,22-20-,26-25-,30-28-. The highest BCUT2D eigenvalue weighted by Gasteiger charge is 2.26. The number of likely N-dealkylation sites (N-methyl/N-ethyl adjacent to an activating group) is 1. The van der Waals surface area contributed by atoms with Gasteiger partial charge in [0.05, 0.1) is 34.4 Å². The summed E-state index contributed by atoms with van der Waals surface area (Å²) in [7, 11) is 1.65. The zero-order valence-corrected chi connectivity index (χ0v) is 40.6. The molecule has 0 aromatic carbocycles. The molecular weight excluding hydrogens is 770 g/mol. The van der Waals surface area contributed by atoms with Gasteiger partial charge in [-0.25, -0.2) is 4.57 Å². The van der Waals surface area contributed by atoms with Gasteiger partial charge in [0.25, 0.3) is 0 Å². The van der Waals surface area contributed by atoms with E-state index in [1.807, 2.05) is 21.1 Å². The van der Waals surface area contributed by atoms with Crippen LogP contribution in [0, 0.1) is 0 Å². The van der Waals surface area contributed by atoms with E-state index in [2.05, 4.69) is 74.6 Å². The van der Waals surface area contributed by atoms with Crippen molar-refractivity contribution in [2.75, 3.05) is 54.1 Å². The molecule has 0 saturated heterocycles. The second-order valence-corrected chi connectivity index (χ2v) is 18.9. The van der Waals surface area contributed by atoms with Crippen LogP contribution in [0.2, 0.25) is 0 Å². The minimum Gasteiger partial charge on any atom is -0.457 e. The Balaban J connectivity index is 4.22. The number of ether oxygens (including phenoxy) is 2. The quantitative estimate of drug-likeness (QED) is 0.0214. The SMILES string of the molecule is CC/C=C\C/C=C\C/C=C\C/C=C\C/C=C\CCCCCCCC(=O)OC(COCCCCCCCCCCCCCCCCCCC)COP(=O)(O)OCC[N+](C)(C)C. The molecule has 8 nitrogen and oxygen atoms in total. The van der Waals surface area contributed by atoms with E-state index in [1.165, 1.54) is 96.3 Å². The number of rotatable bonds is 45. The second-order valence-electron chi connectivity index (χ2n) is 17.5. The van der Waals surface area contributed by atoms with E-state index in [0.717, 1.165) is 83.5 Å². The molecular formula is C51H95NO7P+. The van der Waals surface area contributed by atoms with Crippen LogP contribution in [0.4, 0.5) is 0 Å². The van der Waals surface area contributed by atoms with E-state index in [4.69, 9.17) is 18.5 Å². The molecule has 60 heavy (non-hydrogen) atoms. The first kappa shape index (κ1) is 58.2. The summed E-state index contributed by atoms with van der Waals surface area (Å²) in [5.41, 5.74) is 0. The molecule has 0 fully saturated rings. The Hall–Kier alpha value is -1.80.